The highest BCUT2D eigenvalue weighted by Crippen LogP contribution is 2.30. The van der Waals surface area contributed by atoms with E-state index in [0.29, 0.717) is 17.4 Å². The summed E-state index contributed by atoms with van der Waals surface area (Å²) in [5, 5.41) is 3.68. The van der Waals surface area contributed by atoms with Gasteiger partial charge < -0.3 is 10.2 Å². The predicted molar refractivity (Wildman–Crippen MR) is 91.5 cm³/mol. The van der Waals surface area contributed by atoms with Gasteiger partial charge in [-0.3, -0.25) is 0 Å². The van der Waals surface area contributed by atoms with E-state index in [1.54, 1.807) is 0 Å². The molecule has 1 N–H and O–H groups in total. The standard InChI is InChI=1S/C19H32N2/c1-5-20-18(17-10-7-6-8-11-17)16(2)14-21-13-9-12-19(3,4)15-21/h6-8,10-11,16,18,20H,5,9,12-15H2,1-4H3. The van der Waals surface area contributed by atoms with Crippen molar-refractivity contribution < 1.29 is 0 Å². The molecule has 1 aromatic rings. The lowest BCUT2D eigenvalue weighted by Gasteiger charge is -2.40. The highest BCUT2D eigenvalue weighted by Gasteiger charge is 2.28. The third-order valence-corrected chi connectivity index (χ3v) is 4.68. The van der Waals surface area contributed by atoms with Gasteiger partial charge in [0.1, 0.15) is 0 Å². The maximum Gasteiger partial charge on any atom is 0.0358 e. The van der Waals surface area contributed by atoms with Crippen molar-refractivity contribution in [3.8, 4) is 0 Å². The first-order valence-corrected chi connectivity index (χ1v) is 8.52. The van der Waals surface area contributed by atoms with Crippen molar-refractivity contribution >= 4 is 0 Å². The van der Waals surface area contributed by atoms with Crippen LogP contribution in [0.25, 0.3) is 0 Å². The third kappa shape index (κ3) is 4.82. The maximum atomic E-state index is 3.68. The molecule has 0 bridgehead atoms. The monoisotopic (exact) mass is 288 g/mol. The molecule has 2 atom stereocenters. The first-order valence-electron chi connectivity index (χ1n) is 8.52. The highest BCUT2D eigenvalue weighted by atomic mass is 15.1. The quantitative estimate of drug-likeness (QED) is 0.848. The number of nitrogens with one attached hydrogen (secondary N) is 1. The minimum Gasteiger partial charge on any atom is -0.310 e. The van der Waals surface area contributed by atoms with E-state index < -0.39 is 0 Å². The van der Waals surface area contributed by atoms with Crippen molar-refractivity contribution in [3.05, 3.63) is 35.9 Å². The Balaban J connectivity index is 2.00. The molecule has 2 unspecified atom stereocenters. The Hall–Kier alpha value is -0.860. The summed E-state index contributed by atoms with van der Waals surface area (Å²) in [5.41, 5.74) is 1.90. The molecular formula is C19H32N2. The third-order valence-electron chi connectivity index (χ3n) is 4.68. The fourth-order valence-electron chi connectivity index (χ4n) is 3.74. The Morgan fingerprint density at radius 2 is 1.95 bits per heavy atom. The van der Waals surface area contributed by atoms with Crippen LogP contribution in [0.2, 0.25) is 0 Å². The maximum absolute atomic E-state index is 3.68. The van der Waals surface area contributed by atoms with E-state index in [0.717, 1.165) is 6.54 Å². The number of nitrogens with zero attached hydrogens (tertiary/aromatic N) is 1. The summed E-state index contributed by atoms with van der Waals surface area (Å²) in [7, 11) is 0. The van der Waals surface area contributed by atoms with Crippen LogP contribution in [0.4, 0.5) is 0 Å². The Bertz CT molecular complexity index is 413. The average molecular weight is 288 g/mol. The van der Waals surface area contributed by atoms with Gasteiger partial charge in [0, 0.05) is 19.1 Å². The molecule has 2 rings (SSSR count). The summed E-state index contributed by atoms with van der Waals surface area (Å²) in [6.45, 7) is 14.1. The van der Waals surface area contributed by atoms with E-state index in [4.69, 9.17) is 0 Å². The molecule has 0 aromatic heterocycles. The zero-order valence-electron chi connectivity index (χ0n) is 14.2. The molecule has 118 valence electrons. The second-order valence-corrected chi connectivity index (χ2v) is 7.43. The number of piperidine rings is 1. The normalized spacial score (nSPS) is 21.9. The first-order chi connectivity index (χ1) is 10.0. The van der Waals surface area contributed by atoms with Crippen molar-refractivity contribution in [2.24, 2.45) is 11.3 Å². The van der Waals surface area contributed by atoms with E-state index in [1.165, 1.54) is 38.0 Å². The predicted octanol–water partition coefficient (Wildman–Crippen LogP) is 4.10. The lowest BCUT2D eigenvalue weighted by Crippen LogP contribution is -2.44. The lowest BCUT2D eigenvalue weighted by atomic mass is 9.83. The zero-order valence-corrected chi connectivity index (χ0v) is 14.2. The first kappa shape index (κ1) is 16.5. The summed E-state index contributed by atoms with van der Waals surface area (Å²) in [4.78, 5) is 2.67. The molecule has 21 heavy (non-hydrogen) atoms. The Morgan fingerprint density at radius 1 is 1.24 bits per heavy atom. The van der Waals surface area contributed by atoms with Gasteiger partial charge in [0.2, 0.25) is 0 Å². The number of likely N-dealkylation sites (tertiary alicyclic amines) is 1. The molecule has 1 aromatic carbocycles. The van der Waals surface area contributed by atoms with Crippen LogP contribution >= 0.6 is 0 Å². The largest absolute Gasteiger partial charge is 0.310 e. The second kappa shape index (κ2) is 7.42. The SMILES string of the molecule is CCNC(c1ccccc1)C(C)CN1CCCC(C)(C)C1. The molecule has 1 aliphatic heterocycles. The molecule has 1 saturated heterocycles. The van der Waals surface area contributed by atoms with E-state index in [1.807, 2.05) is 0 Å². The fraction of sp³-hybridized carbons (Fsp3) is 0.684. The fourth-order valence-corrected chi connectivity index (χ4v) is 3.74. The van der Waals surface area contributed by atoms with Gasteiger partial charge in [0.05, 0.1) is 0 Å². The summed E-state index contributed by atoms with van der Waals surface area (Å²) in [6.07, 6.45) is 2.71. The van der Waals surface area contributed by atoms with Gasteiger partial charge >= 0.3 is 0 Å². The zero-order chi connectivity index (χ0) is 15.3. The topological polar surface area (TPSA) is 15.3 Å². The summed E-state index contributed by atoms with van der Waals surface area (Å²) >= 11 is 0. The molecule has 0 spiro atoms. The van der Waals surface area contributed by atoms with Gasteiger partial charge in [0.15, 0.2) is 0 Å². The van der Waals surface area contributed by atoms with E-state index in [9.17, 15) is 0 Å². The van der Waals surface area contributed by atoms with Gasteiger partial charge in [-0.15, -0.1) is 0 Å². The van der Waals surface area contributed by atoms with Gasteiger partial charge in [-0.2, -0.15) is 0 Å². The summed E-state index contributed by atoms with van der Waals surface area (Å²) < 4.78 is 0. The molecule has 1 heterocycles. The Kier molecular flexibility index (Phi) is 5.83. The van der Waals surface area contributed by atoms with Crippen LogP contribution < -0.4 is 5.32 Å². The van der Waals surface area contributed by atoms with Gasteiger partial charge in [0.25, 0.3) is 0 Å². The molecule has 0 radical (unpaired) electrons. The van der Waals surface area contributed by atoms with E-state index in [2.05, 4.69) is 68.2 Å². The van der Waals surface area contributed by atoms with Crippen LogP contribution in [0.15, 0.2) is 30.3 Å². The Labute approximate surface area is 130 Å². The molecule has 1 aliphatic rings. The molecule has 0 amide bonds. The lowest BCUT2D eigenvalue weighted by molar-refractivity contribution is 0.0971. The van der Waals surface area contributed by atoms with Crippen LogP contribution in [0, 0.1) is 11.3 Å². The minimum absolute atomic E-state index is 0.459. The number of benzene rings is 1. The van der Waals surface area contributed by atoms with Crippen molar-refractivity contribution in [1.29, 1.82) is 0 Å². The van der Waals surface area contributed by atoms with Crippen molar-refractivity contribution in [1.82, 2.24) is 10.2 Å². The van der Waals surface area contributed by atoms with Crippen molar-refractivity contribution in [3.63, 3.8) is 0 Å². The second-order valence-electron chi connectivity index (χ2n) is 7.43. The number of hydrogen-bond acceptors (Lipinski definition) is 2. The van der Waals surface area contributed by atoms with E-state index >= 15 is 0 Å². The smallest absolute Gasteiger partial charge is 0.0358 e. The van der Waals surface area contributed by atoms with Crippen LogP contribution in [0.1, 0.15) is 52.1 Å². The minimum atomic E-state index is 0.459. The van der Waals surface area contributed by atoms with Gasteiger partial charge in [-0.25, -0.2) is 0 Å². The van der Waals surface area contributed by atoms with Crippen LogP contribution in [-0.4, -0.2) is 31.1 Å². The molecule has 1 fully saturated rings. The highest BCUT2D eigenvalue weighted by molar-refractivity contribution is 5.19. The molecule has 2 nitrogen and oxygen atoms in total. The molecule has 2 heteroatoms. The van der Waals surface area contributed by atoms with Gasteiger partial charge in [-0.1, -0.05) is 58.0 Å². The van der Waals surface area contributed by atoms with Gasteiger partial charge in [-0.05, 0) is 42.8 Å². The average Bonchev–Trinajstić information content (AvgIpc) is 2.44. The van der Waals surface area contributed by atoms with Crippen LogP contribution in [-0.2, 0) is 0 Å². The van der Waals surface area contributed by atoms with Crippen LogP contribution in [0.5, 0.6) is 0 Å². The molecular weight excluding hydrogens is 256 g/mol. The van der Waals surface area contributed by atoms with Crippen molar-refractivity contribution in [2.75, 3.05) is 26.2 Å². The number of hydrogen-bond donors (Lipinski definition) is 1. The van der Waals surface area contributed by atoms with E-state index in [-0.39, 0.29) is 0 Å². The molecule has 0 aliphatic carbocycles. The van der Waals surface area contributed by atoms with Crippen molar-refractivity contribution in [2.45, 2.75) is 46.6 Å². The number of rotatable bonds is 6. The summed E-state index contributed by atoms with van der Waals surface area (Å²) in [6, 6.07) is 11.4. The molecule has 0 saturated carbocycles. The Morgan fingerprint density at radius 3 is 2.57 bits per heavy atom. The van der Waals surface area contributed by atoms with Crippen LogP contribution in [0.3, 0.4) is 0 Å². The summed E-state index contributed by atoms with van der Waals surface area (Å²) in [5.74, 6) is 0.626.